The number of amides is 1. The number of nitrogens with zero attached hydrogens (tertiary/aromatic N) is 2. The van der Waals surface area contributed by atoms with Crippen LogP contribution in [0.1, 0.15) is 39.2 Å². The van der Waals surface area contributed by atoms with Gasteiger partial charge in [0.2, 0.25) is 0 Å². The number of rotatable bonds is 5. The van der Waals surface area contributed by atoms with E-state index in [0.29, 0.717) is 12.4 Å². The number of ether oxygens (including phenoxy) is 2. The lowest BCUT2D eigenvalue weighted by Crippen LogP contribution is -2.45. The zero-order valence-electron chi connectivity index (χ0n) is 16.8. The first-order valence-electron chi connectivity index (χ1n) is 9.30. The molecule has 3 rings (SSSR count). The molecule has 1 aromatic heterocycles. The lowest BCUT2D eigenvalue weighted by atomic mass is 10.1. The predicted molar refractivity (Wildman–Crippen MR) is 106 cm³/mol. The molecule has 0 aliphatic heterocycles. The second-order valence-electron chi connectivity index (χ2n) is 8.33. The molecule has 1 saturated carbocycles. The summed E-state index contributed by atoms with van der Waals surface area (Å²) in [6.45, 7) is 8.12. The van der Waals surface area contributed by atoms with Gasteiger partial charge in [0.1, 0.15) is 18.0 Å². The maximum Gasteiger partial charge on any atom is 0.410 e. The number of hydrogen-bond donors (Lipinski definition) is 0. The van der Waals surface area contributed by atoms with E-state index in [4.69, 9.17) is 9.47 Å². The fourth-order valence-corrected chi connectivity index (χ4v) is 2.86. The van der Waals surface area contributed by atoms with Crippen molar-refractivity contribution < 1.29 is 14.3 Å². The van der Waals surface area contributed by atoms with Gasteiger partial charge in [-0.05, 0) is 52.2 Å². The molecule has 0 saturated heterocycles. The number of aromatic nitrogens is 1. The topological polar surface area (TPSA) is 51.7 Å². The van der Waals surface area contributed by atoms with Crippen molar-refractivity contribution in [3.8, 4) is 16.9 Å². The number of pyridine rings is 1. The van der Waals surface area contributed by atoms with Crippen LogP contribution < -0.4 is 4.74 Å². The SMILES string of the molecule is Cc1ccc(-c2cncc(OCC3(N(C)C(=O)OC(C)(C)C)CC3)c2)cc1. The number of carbonyl (C=O) groups is 1. The lowest BCUT2D eigenvalue weighted by molar-refractivity contribution is 0.0139. The third-order valence-electron chi connectivity index (χ3n) is 4.81. The third kappa shape index (κ3) is 4.79. The number of carbonyl (C=O) groups excluding carboxylic acids is 1. The Morgan fingerprint density at radius 1 is 1.15 bits per heavy atom. The Kier molecular flexibility index (Phi) is 5.13. The number of likely N-dealkylation sites (N-methyl/N-ethyl adjacent to an activating group) is 1. The highest BCUT2D eigenvalue weighted by Gasteiger charge is 2.50. The van der Waals surface area contributed by atoms with Gasteiger partial charge < -0.3 is 14.4 Å². The van der Waals surface area contributed by atoms with E-state index in [9.17, 15) is 4.79 Å². The molecule has 5 nitrogen and oxygen atoms in total. The zero-order valence-corrected chi connectivity index (χ0v) is 16.8. The van der Waals surface area contributed by atoms with Gasteiger partial charge in [0.25, 0.3) is 0 Å². The van der Waals surface area contributed by atoms with Crippen LogP contribution in [0.3, 0.4) is 0 Å². The summed E-state index contributed by atoms with van der Waals surface area (Å²) < 4.78 is 11.5. The van der Waals surface area contributed by atoms with Gasteiger partial charge in [-0.1, -0.05) is 29.8 Å². The van der Waals surface area contributed by atoms with Crippen LogP contribution in [0.25, 0.3) is 11.1 Å². The monoisotopic (exact) mass is 368 g/mol. The summed E-state index contributed by atoms with van der Waals surface area (Å²) in [7, 11) is 1.78. The Morgan fingerprint density at radius 3 is 2.41 bits per heavy atom. The molecule has 27 heavy (non-hydrogen) atoms. The maximum atomic E-state index is 12.4. The molecule has 2 aromatic rings. The Bertz CT molecular complexity index is 805. The molecule has 1 aliphatic carbocycles. The Morgan fingerprint density at radius 2 is 1.81 bits per heavy atom. The van der Waals surface area contributed by atoms with Gasteiger partial charge in [-0.25, -0.2) is 4.79 Å². The van der Waals surface area contributed by atoms with Crippen LogP contribution in [0.4, 0.5) is 4.79 Å². The largest absolute Gasteiger partial charge is 0.490 e. The van der Waals surface area contributed by atoms with E-state index in [0.717, 1.165) is 24.0 Å². The summed E-state index contributed by atoms with van der Waals surface area (Å²) in [6, 6.07) is 10.3. The van der Waals surface area contributed by atoms with E-state index in [-0.39, 0.29) is 11.6 Å². The van der Waals surface area contributed by atoms with Gasteiger partial charge in [-0.15, -0.1) is 0 Å². The quantitative estimate of drug-likeness (QED) is 0.758. The Labute approximate surface area is 161 Å². The first-order chi connectivity index (χ1) is 12.7. The van der Waals surface area contributed by atoms with Crippen LogP contribution in [0.5, 0.6) is 5.75 Å². The highest BCUT2D eigenvalue weighted by molar-refractivity contribution is 5.69. The van der Waals surface area contributed by atoms with E-state index in [2.05, 4.69) is 36.2 Å². The zero-order chi connectivity index (χ0) is 19.7. The lowest BCUT2D eigenvalue weighted by Gasteiger charge is -2.30. The molecular formula is C22H28N2O3. The second-order valence-corrected chi connectivity index (χ2v) is 8.33. The summed E-state index contributed by atoms with van der Waals surface area (Å²) in [6.07, 6.45) is 5.05. The van der Waals surface area contributed by atoms with Crippen molar-refractivity contribution in [2.75, 3.05) is 13.7 Å². The highest BCUT2D eigenvalue weighted by Crippen LogP contribution is 2.42. The summed E-state index contributed by atoms with van der Waals surface area (Å²) >= 11 is 0. The van der Waals surface area contributed by atoms with E-state index in [1.54, 1.807) is 18.1 Å². The molecule has 5 heteroatoms. The van der Waals surface area contributed by atoms with E-state index < -0.39 is 5.60 Å². The molecule has 0 radical (unpaired) electrons. The van der Waals surface area contributed by atoms with Crippen LogP contribution in [0, 0.1) is 6.92 Å². The number of aryl methyl sites for hydroxylation is 1. The molecule has 144 valence electrons. The molecule has 0 N–H and O–H groups in total. The molecule has 1 aromatic carbocycles. The van der Waals surface area contributed by atoms with Gasteiger partial charge in [-0.2, -0.15) is 0 Å². The maximum absolute atomic E-state index is 12.4. The van der Waals surface area contributed by atoms with Crippen molar-refractivity contribution in [1.29, 1.82) is 0 Å². The fourth-order valence-electron chi connectivity index (χ4n) is 2.86. The van der Waals surface area contributed by atoms with E-state index in [1.165, 1.54) is 5.56 Å². The van der Waals surface area contributed by atoms with Crippen molar-refractivity contribution in [1.82, 2.24) is 9.88 Å². The van der Waals surface area contributed by atoms with Gasteiger partial charge in [-0.3, -0.25) is 4.98 Å². The van der Waals surface area contributed by atoms with Gasteiger partial charge in [0, 0.05) is 18.8 Å². The molecule has 1 aliphatic rings. The first-order valence-corrected chi connectivity index (χ1v) is 9.30. The summed E-state index contributed by atoms with van der Waals surface area (Å²) in [4.78, 5) is 18.3. The average molecular weight is 368 g/mol. The second kappa shape index (κ2) is 7.22. The van der Waals surface area contributed by atoms with Crippen LogP contribution >= 0.6 is 0 Å². The van der Waals surface area contributed by atoms with Crippen LogP contribution in [0.15, 0.2) is 42.7 Å². The minimum atomic E-state index is -0.505. The average Bonchev–Trinajstić information content (AvgIpc) is 3.40. The molecule has 0 spiro atoms. The van der Waals surface area contributed by atoms with E-state index >= 15 is 0 Å². The van der Waals surface area contributed by atoms with Gasteiger partial charge >= 0.3 is 6.09 Å². The summed E-state index contributed by atoms with van der Waals surface area (Å²) in [5, 5.41) is 0. The predicted octanol–water partition coefficient (Wildman–Crippen LogP) is 4.84. The molecule has 1 heterocycles. The van der Waals surface area contributed by atoms with Crippen molar-refractivity contribution in [3.05, 3.63) is 48.3 Å². The number of hydrogen-bond acceptors (Lipinski definition) is 4. The van der Waals surface area contributed by atoms with Crippen LogP contribution in [0.2, 0.25) is 0 Å². The minimum absolute atomic E-state index is 0.289. The molecule has 0 unspecified atom stereocenters. The smallest absolute Gasteiger partial charge is 0.410 e. The Hall–Kier alpha value is -2.56. The van der Waals surface area contributed by atoms with Crippen molar-refractivity contribution in [2.45, 2.75) is 51.7 Å². The van der Waals surface area contributed by atoms with Crippen molar-refractivity contribution in [3.63, 3.8) is 0 Å². The fraction of sp³-hybridized carbons (Fsp3) is 0.455. The first kappa shape index (κ1) is 19.2. The Balaban J connectivity index is 1.65. The van der Waals surface area contributed by atoms with Crippen molar-refractivity contribution >= 4 is 6.09 Å². The van der Waals surface area contributed by atoms with Gasteiger partial charge in [0.15, 0.2) is 0 Å². The van der Waals surface area contributed by atoms with Crippen LogP contribution in [-0.4, -0.2) is 40.8 Å². The van der Waals surface area contributed by atoms with Gasteiger partial charge in [0.05, 0.1) is 11.7 Å². The normalized spacial score (nSPS) is 15.1. The third-order valence-corrected chi connectivity index (χ3v) is 4.81. The van der Waals surface area contributed by atoms with Crippen molar-refractivity contribution in [2.24, 2.45) is 0 Å². The highest BCUT2D eigenvalue weighted by atomic mass is 16.6. The summed E-state index contributed by atoms with van der Waals surface area (Å²) in [5.74, 6) is 0.705. The molecule has 1 amide bonds. The number of benzene rings is 1. The molecule has 0 bridgehead atoms. The van der Waals surface area contributed by atoms with Crippen LogP contribution in [-0.2, 0) is 4.74 Å². The molecule has 0 atom stereocenters. The van der Waals surface area contributed by atoms with E-state index in [1.807, 2.05) is 33.0 Å². The minimum Gasteiger partial charge on any atom is -0.490 e. The molecular weight excluding hydrogens is 340 g/mol. The molecule has 1 fully saturated rings. The summed E-state index contributed by atoms with van der Waals surface area (Å²) in [5.41, 5.74) is 2.54. The standard InChI is InChI=1S/C22H28N2O3/c1-16-6-8-17(9-7-16)18-12-19(14-23-13-18)26-15-22(10-11-22)24(5)20(25)27-21(2,3)4/h6-9,12-14H,10-11,15H2,1-5H3.